The van der Waals surface area contributed by atoms with Crippen LogP contribution < -0.4 is 16.7 Å². The highest BCUT2D eigenvalue weighted by atomic mass is 19.1. The highest BCUT2D eigenvalue weighted by Gasteiger charge is 2.25. The molecule has 0 saturated carbocycles. The molecule has 2 aromatic rings. The fraction of sp³-hybridized carbons (Fsp3) is 0.0714. The Bertz CT molecular complexity index is 542. The van der Waals surface area contributed by atoms with Crippen LogP contribution in [0.15, 0.2) is 48.5 Å². The standard InChI is InChI=1S/C14H12BF2NO2/c16-12-5-1-10(2-6-12)15(20-14(19)9-18)11-3-7-13(17)8-4-11/h1-8H,9,18H2. The smallest absolute Gasteiger partial charge is 0.429 e. The Morgan fingerprint density at radius 3 is 1.70 bits per heavy atom. The monoisotopic (exact) mass is 275 g/mol. The van der Waals surface area contributed by atoms with Crippen LogP contribution in [-0.2, 0) is 9.45 Å². The molecular formula is C14H12BF2NO2. The van der Waals surface area contributed by atoms with Crippen molar-refractivity contribution < 1.29 is 18.2 Å². The van der Waals surface area contributed by atoms with Crippen molar-refractivity contribution in [2.45, 2.75) is 0 Å². The Kier molecular flexibility index (Phi) is 4.47. The van der Waals surface area contributed by atoms with Gasteiger partial charge < -0.3 is 10.4 Å². The van der Waals surface area contributed by atoms with Crippen molar-refractivity contribution in [1.29, 1.82) is 0 Å². The van der Waals surface area contributed by atoms with Crippen LogP contribution in [0.4, 0.5) is 8.78 Å². The van der Waals surface area contributed by atoms with Crippen LogP contribution in [0.5, 0.6) is 0 Å². The molecule has 0 radical (unpaired) electrons. The van der Waals surface area contributed by atoms with Gasteiger partial charge in [-0.15, -0.1) is 0 Å². The van der Waals surface area contributed by atoms with Crippen LogP contribution >= 0.6 is 0 Å². The second kappa shape index (κ2) is 6.30. The lowest BCUT2D eigenvalue weighted by molar-refractivity contribution is -0.132. The molecule has 0 aliphatic heterocycles. The summed E-state index contributed by atoms with van der Waals surface area (Å²) in [5.74, 6) is -1.38. The van der Waals surface area contributed by atoms with E-state index in [0.717, 1.165) is 0 Å². The van der Waals surface area contributed by atoms with Crippen molar-refractivity contribution in [3.8, 4) is 0 Å². The van der Waals surface area contributed by atoms with Crippen molar-refractivity contribution in [2.24, 2.45) is 5.73 Å². The van der Waals surface area contributed by atoms with Crippen molar-refractivity contribution in [1.82, 2.24) is 0 Å². The molecule has 0 bridgehead atoms. The number of benzene rings is 2. The van der Waals surface area contributed by atoms with Crippen molar-refractivity contribution >= 4 is 23.8 Å². The molecule has 0 aliphatic rings. The first-order valence-electron chi connectivity index (χ1n) is 6.00. The van der Waals surface area contributed by atoms with Gasteiger partial charge in [-0.25, -0.2) is 8.78 Å². The molecule has 2 aromatic carbocycles. The second-order valence-electron chi connectivity index (χ2n) is 4.18. The Hall–Kier alpha value is -2.21. The summed E-state index contributed by atoms with van der Waals surface area (Å²) in [6, 6.07) is 11.1. The molecular weight excluding hydrogens is 263 g/mol. The summed E-state index contributed by atoms with van der Waals surface area (Å²) in [5.41, 5.74) is 6.40. The topological polar surface area (TPSA) is 52.3 Å². The van der Waals surface area contributed by atoms with E-state index in [9.17, 15) is 13.6 Å². The fourth-order valence-electron chi connectivity index (χ4n) is 1.78. The largest absolute Gasteiger partial charge is 0.525 e. The number of rotatable bonds is 4. The van der Waals surface area contributed by atoms with Crippen LogP contribution in [-0.4, -0.2) is 19.4 Å². The van der Waals surface area contributed by atoms with E-state index in [0.29, 0.717) is 10.9 Å². The minimum Gasteiger partial charge on any atom is -0.525 e. The molecule has 0 fully saturated rings. The van der Waals surface area contributed by atoms with Gasteiger partial charge in [-0.3, -0.25) is 4.79 Å². The summed E-state index contributed by atoms with van der Waals surface area (Å²) >= 11 is 0. The third-order valence-electron chi connectivity index (χ3n) is 2.76. The first-order valence-corrected chi connectivity index (χ1v) is 6.00. The zero-order valence-corrected chi connectivity index (χ0v) is 10.6. The van der Waals surface area contributed by atoms with Gasteiger partial charge in [0.25, 0.3) is 0 Å². The van der Waals surface area contributed by atoms with E-state index in [1.165, 1.54) is 48.5 Å². The first kappa shape index (κ1) is 14.2. The summed E-state index contributed by atoms with van der Waals surface area (Å²) in [5, 5.41) is 0. The van der Waals surface area contributed by atoms with Gasteiger partial charge in [0.1, 0.15) is 11.6 Å². The maximum Gasteiger partial charge on any atom is 0.429 e. The Labute approximate surface area is 115 Å². The van der Waals surface area contributed by atoms with Crippen LogP contribution in [0, 0.1) is 11.6 Å². The van der Waals surface area contributed by atoms with E-state index in [-0.39, 0.29) is 6.54 Å². The SMILES string of the molecule is NCC(=O)OB(c1ccc(F)cc1)c1ccc(F)cc1. The number of hydrogen-bond acceptors (Lipinski definition) is 3. The minimum absolute atomic E-state index is 0.265. The molecule has 2 N–H and O–H groups in total. The van der Waals surface area contributed by atoms with E-state index in [1.807, 2.05) is 0 Å². The Balaban J connectivity index is 2.35. The van der Waals surface area contributed by atoms with Gasteiger partial charge in [0, 0.05) is 0 Å². The normalized spacial score (nSPS) is 10.2. The summed E-state index contributed by atoms with van der Waals surface area (Å²) in [6.07, 6.45) is 0. The first-order chi connectivity index (χ1) is 9.60. The number of carbonyl (C=O) groups excluding carboxylic acids is 1. The van der Waals surface area contributed by atoms with E-state index >= 15 is 0 Å². The molecule has 20 heavy (non-hydrogen) atoms. The quantitative estimate of drug-likeness (QED) is 0.830. The van der Waals surface area contributed by atoms with Gasteiger partial charge in [0.15, 0.2) is 0 Å². The van der Waals surface area contributed by atoms with Gasteiger partial charge in [-0.2, -0.15) is 0 Å². The van der Waals surface area contributed by atoms with Crippen LogP contribution in [0.1, 0.15) is 0 Å². The summed E-state index contributed by atoms with van der Waals surface area (Å²) in [6.45, 7) is -1.01. The zero-order chi connectivity index (χ0) is 14.5. The van der Waals surface area contributed by atoms with Gasteiger partial charge in [0.05, 0.1) is 6.54 Å². The van der Waals surface area contributed by atoms with Gasteiger partial charge in [0.2, 0.25) is 0 Å². The predicted octanol–water partition coefficient (Wildman–Crippen LogP) is 0.572. The number of hydrogen-bond donors (Lipinski definition) is 1. The Morgan fingerprint density at radius 1 is 0.950 bits per heavy atom. The van der Waals surface area contributed by atoms with Gasteiger partial charge in [-0.05, 0) is 35.2 Å². The molecule has 0 aromatic heterocycles. The molecule has 0 spiro atoms. The number of nitrogens with two attached hydrogens (primary N) is 1. The zero-order valence-electron chi connectivity index (χ0n) is 10.6. The second-order valence-corrected chi connectivity index (χ2v) is 4.18. The average molecular weight is 275 g/mol. The van der Waals surface area contributed by atoms with E-state index in [1.54, 1.807) is 0 Å². The lowest BCUT2D eigenvalue weighted by atomic mass is 9.55. The molecule has 0 aliphatic carbocycles. The van der Waals surface area contributed by atoms with E-state index in [4.69, 9.17) is 10.4 Å². The van der Waals surface area contributed by atoms with Crippen molar-refractivity contribution in [3.05, 3.63) is 60.2 Å². The third-order valence-corrected chi connectivity index (χ3v) is 2.76. The molecule has 0 heterocycles. The molecule has 0 amide bonds. The average Bonchev–Trinajstić information content (AvgIpc) is 2.46. The van der Waals surface area contributed by atoms with Gasteiger partial charge >= 0.3 is 12.9 Å². The third kappa shape index (κ3) is 3.42. The van der Waals surface area contributed by atoms with Gasteiger partial charge in [-0.1, -0.05) is 24.3 Å². The van der Waals surface area contributed by atoms with Crippen LogP contribution in [0.25, 0.3) is 0 Å². The highest BCUT2D eigenvalue weighted by Crippen LogP contribution is 2.00. The van der Waals surface area contributed by atoms with Crippen LogP contribution in [0.3, 0.4) is 0 Å². The number of halogens is 2. The molecule has 2 rings (SSSR count). The number of carbonyl (C=O) groups is 1. The molecule has 0 atom stereocenters. The highest BCUT2D eigenvalue weighted by molar-refractivity contribution is 6.81. The van der Waals surface area contributed by atoms with E-state index in [2.05, 4.69) is 0 Å². The summed E-state index contributed by atoms with van der Waals surface area (Å²) in [7, 11) is 0. The Morgan fingerprint density at radius 2 is 1.35 bits per heavy atom. The summed E-state index contributed by atoms with van der Waals surface area (Å²) in [4.78, 5) is 11.4. The van der Waals surface area contributed by atoms with E-state index < -0.39 is 24.5 Å². The lowest BCUT2D eigenvalue weighted by Crippen LogP contribution is -2.47. The molecule has 0 unspecified atom stereocenters. The minimum atomic E-state index is -0.743. The molecule has 3 nitrogen and oxygen atoms in total. The molecule has 102 valence electrons. The summed E-state index contributed by atoms with van der Waals surface area (Å²) < 4.78 is 31.2. The fourth-order valence-corrected chi connectivity index (χ4v) is 1.78. The maximum absolute atomic E-state index is 13.0. The lowest BCUT2D eigenvalue weighted by Gasteiger charge is -2.14. The van der Waals surface area contributed by atoms with Crippen LogP contribution in [0.2, 0.25) is 0 Å². The maximum atomic E-state index is 13.0. The predicted molar refractivity (Wildman–Crippen MR) is 73.0 cm³/mol. The van der Waals surface area contributed by atoms with Crippen molar-refractivity contribution in [2.75, 3.05) is 6.54 Å². The molecule has 0 saturated heterocycles. The molecule has 6 heteroatoms. The van der Waals surface area contributed by atoms with Crippen molar-refractivity contribution in [3.63, 3.8) is 0 Å².